The van der Waals surface area contributed by atoms with E-state index in [2.05, 4.69) is 131 Å². The summed E-state index contributed by atoms with van der Waals surface area (Å²) < 4.78 is 0.964. The molecule has 10 rings (SSSR count). The van der Waals surface area contributed by atoms with Gasteiger partial charge in [-0.25, -0.2) is 19.9 Å². The van der Waals surface area contributed by atoms with Gasteiger partial charge in [0.25, 0.3) is 0 Å². The normalized spacial score (nSPS) is 10.8. The topological polar surface area (TPSA) is 182 Å². The van der Waals surface area contributed by atoms with Crippen molar-refractivity contribution in [2.45, 2.75) is 69.2 Å². The Labute approximate surface area is 419 Å². The lowest BCUT2D eigenvalue weighted by molar-refractivity contribution is 0.425. The summed E-state index contributed by atoms with van der Waals surface area (Å²) in [4.78, 5) is 46.7. The first kappa shape index (κ1) is 52.2. The molecule has 0 saturated heterocycles. The number of fused-ring (bicyclic) bond motifs is 6. The van der Waals surface area contributed by atoms with Gasteiger partial charge >= 0.3 is 7.12 Å². The van der Waals surface area contributed by atoms with Crippen LogP contribution in [0.4, 0.5) is 11.6 Å². The van der Waals surface area contributed by atoms with Crippen LogP contribution in [-0.2, 0) is 12.8 Å². The van der Waals surface area contributed by atoms with Crippen molar-refractivity contribution in [1.29, 1.82) is 0 Å². The second-order valence-electron chi connectivity index (χ2n) is 16.0. The molecule has 10 aromatic rings. The van der Waals surface area contributed by atoms with Crippen molar-refractivity contribution >= 4 is 84.0 Å². The minimum Gasteiger partial charge on any atom is -0.423 e. The number of nitrogens with zero attached hydrogens (tertiary/aromatic N) is 10. The maximum absolute atomic E-state index is 9.18. The molecule has 10 aromatic heterocycles. The molecule has 0 bridgehead atoms. The Balaban J connectivity index is 0.000000183. The van der Waals surface area contributed by atoms with Gasteiger partial charge in [0.1, 0.15) is 22.9 Å². The van der Waals surface area contributed by atoms with Gasteiger partial charge in [-0.05, 0) is 128 Å². The van der Waals surface area contributed by atoms with Crippen molar-refractivity contribution in [3.8, 4) is 33.6 Å². The van der Waals surface area contributed by atoms with Gasteiger partial charge in [-0.3, -0.25) is 19.9 Å². The van der Waals surface area contributed by atoms with Crippen LogP contribution in [0.1, 0.15) is 67.5 Å². The van der Waals surface area contributed by atoms with E-state index in [1.54, 1.807) is 24.8 Å². The van der Waals surface area contributed by atoms with E-state index in [4.69, 9.17) is 9.97 Å². The molecule has 16 heteroatoms. The third-order valence-corrected chi connectivity index (χ3v) is 12.5. The molecule has 0 aromatic carbocycles. The second-order valence-corrected chi connectivity index (χ2v) is 16.9. The third-order valence-electron chi connectivity index (χ3n) is 12.1. The molecule has 0 amide bonds. The van der Waals surface area contributed by atoms with Crippen molar-refractivity contribution < 1.29 is 10.0 Å². The van der Waals surface area contributed by atoms with Gasteiger partial charge in [-0.2, -0.15) is 0 Å². The monoisotopic (exact) mass is 1000 g/mol. The first-order chi connectivity index (χ1) is 33.2. The number of hydrogen-bond donors (Lipinski definition) is 4. The molecular formula is C54H62BBrN12O2. The van der Waals surface area contributed by atoms with E-state index in [-0.39, 0.29) is 14.9 Å². The smallest absolute Gasteiger partial charge is 0.423 e. The lowest BCUT2D eigenvalue weighted by atomic mass is 9.77. The Morgan fingerprint density at radius 2 is 1.01 bits per heavy atom. The largest absolute Gasteiger partial charge is 0.490 e. The summed E-state index contributed by atoms with van der Waals surface area (Å²) in [7, 11) is -1.44. The number of H-pyrrole nitrogens is 2. The minimum absolute atomic E-state index is 0. The first-order valence-electron chi connectivity index (χ1n) is 23.0. The zero-order chi connectivity index (χ0) is 47.7. The van der Waals surface area contributed by atoms with Crippen LogP contribution in [0, 0.1) is 0 Å². The van der Waals surface area contributed by atoms with E-state index in [0.29, 0.717) is 5.46 Å². The van der Waals surface area contributed by atoms with Crippen LogP contribution in [0.25, 0.3) is 77.5 Å². The maximum Gasteiger partial charge on any atom is 0.490 e. The number of halogens is 1. The van der Waals surface area contributed by atoms with E-state index < -0.39 is 7.12 Å². The van der Waals surface area contributed by atoms with Gasteiger partial charge in [-0.15, -0.1) is 0 Å². The van der Waals surface area contributed by atoms with Gasteiger partial charge in [-0.1, -0.05) is 28.7 Å². The molecule has 0 spiro atoms. The highest BCUT2D eigenvalue weighted by Crippen LogP contribution is 2.33. The van der Waals surface area contributed by atoms with Gasteiger partial charge in [0, 0.05) is 129 Å². The molecule has 4 N–H and O–H groups in total. The van der Waals surface area contributed by atoms with Crippen LogP contribution in [-0.4, -0.2) is 93.2 Å². The van der Waals surface area contributed by atoms with Gasteiger partial charge in [0.15, 0.2) is 0 Å². The lowest BCUT2D eigenvalue weighted by Gasteiger charge is -2.21. The molecular weight excluding hydrogens is 939 g/mol. The average Bonchev–Trinajstić information content (AvgIpc) is 3.94. The number of nitrogens with one attached hydrogen (secondary N) is 2. The van der Waals surface area contributed by atoms with E-state index in [1.165, 1.54) is 5.56 Å². The summed E-state index contributed by atoms with van der Waals surface area (Å²) in [6.45, 7) is 16.3. The third kappa shape index (κ3) is 11.3. The van der Waals surface area contributed by atoms with Gasteiger partial charge in [0.05, 0.1) is 34.8 Å². The fourth-order valence-electron chi connectivity index (χ4n) is 8.33. The Kier molecular flexibility index (Phi) is 17.9. The Hall–Kier alpha value is -7.14. The predicted molar refractivity (Wildman–Crippen MR) is 294 cm³/mol. The highest BCUT2D eigenvalue weighted by Gasteiger charge is 2.18. The predicted octanol–water partition coefficient (Wildman–Crippen LogP) is 11.0. The number of aromatic amines is 2. The Morgan fingerprint density at radius 1 is 0.514 bits per heavy atom. The summed E-state index contributed by atoms with van der Waals surface area (Å²) in [5, 5.41) is 22.8. The van der Waals surface area contributed by atoms with E-state index in [9.17, 15) is 10.0 Å². The Morgan fingerprint density at radius 3 is 1.50 bits per heavy atom. The van der Waals surface area contributed by atoms with Crippen LogP contribution in [0.2, 0.25) is 0 Å². The van der Waals surface area contributed by atoms with Crippen molar-refractivity contribution in [2.75, 3.05) is 36.0 Å². The quantitative estimate of drug-likeness (QED) is 0.0852. The summed E-state index contributed by atoms with van der Waals surface area (Å²) in [5.41, 5.74) is 12.4. The van der Waals surface area contributed by atoms with Gasteiger partial charge in [0.2, 0.25) is 0 Å². The Bertz CT molecular complexity index is 3290. The molecule has 0 aliphatic heterocycles. The van der Waals surface area contributed by atoms with E-state index in [0.717, 1.165) is 138 Å². The van der Waals surface area contributed by atoms with Crippen molar-refractivity contribution in [1.82, 2.24) is 49.8 Å². The SMILES string of the molecule is Brc1cnc2[nH]c3cnc(-c4cccnc4)cc3c2c1.C.C.CCc1cc(N(CC)CC)ncc1-c1cnc2[nH]c3cnc(-c4cccnc4)cc3c2c1.CCc1cc(N(CC)CC)ncc1B(O)O. The molecule has 0 unspecified atom stereocenters. The second kappa shape index (κ2) is 23.9. The number of pyridine rings is 8. The van der Waals surface area contributed by atoms with Crippen LogP contribution in [0.3, 0.4) is 0 Å². The lowest BCUT2D eigenvalue weighted by Crippen LogP contribution is -2.34. The first-order valence-corrected chi connectivity index (χ1v) is 23.8. The van der Waals surface area contributed by atoms with Crippen molar-refractivity contribution in [3.63, 3.8) is 0 Å². The molecule has 0 aliphatic carbocycles. The molecule has 360 valence electrons. The molecule has 0 atom stereocenters. The van der Waals surface area contributed by atoms with Gasteiger partial charge < -0.3 is 29.8 Å². The number of aromatic nitrogens is 10. The molecule has 70 heavy (non-hydrogen) atoms. The fraction of sp³-hybridized carbons (Fsp3) is 0.259. The minimum atomic E-state index is -1.44. The standard InChI is InChI=1S/C26H26N6.C15H9BrN4.C11H19BN2O2.2CH4/c1-4-17-11-25(32(5-2)6-3)29-15-22(17)19-10-21-20-12-23(18-8-7-9-27-13-18)28-16-24(20)31-26(21)30-14-19;16-10-4-12-11-5-13(9-2-1-3-17-6-9)18-8-14(11)20-15(12)19-7-10;1-4-9-7-11(14(5-2)6-3)13-8-10(9)12(15)16;;/h7-16H,4-6H2,1-3H3,(H,30,31);1-8H,(H,19,20);7-8,15-16H,4-6H2,1-3H3;2*1H4. The van der Waals surface area contributed by atoms with Crippen LogP contribution in [0.5, 0.6) is 0 Å². The van der Waals surface area contributed by atoms with Crippen molar-refractivity contribution in [2.24, 2.45) is 0 Å². The summed E-state index contributed by atoms with van der Waals surface area (Å²) in [6.07, 6.45) is 19.9. The molecule has 10 heterocycles. The highest BCUT2D eigenvalue weighted by atomic mass is 79.9. The molecule has 14 nitrogen and oxygen atoms in total. The summed E-state index contributed by atoms with van der Waals surface area (Å²) >= 11 is 3.46. The number of hydrogen-bond acceptors (Lipinski definition) is 12. The zero-order valence-electron chi connectivity index (χ0n) is 39.1. The maximum atomic E-state index is 9.18. The molecule has 0 saturated carbocycles. The average molecular weight is 1000 g/mol. The van der Waals surface area contributed by atoms with E-state index >= 15 is 0 Å². The summed E-state index contributed by atoms with van der Waals surface area (Å²) in [5.74, 6) is 1.93. The molecule has 0 fully saturated rings. The van der Waals surface area contributed by atoms with E-state index in [1.807, 2.05) is 74.4 Å². The number of rotatable bonds is 12. The zero-order valence-corrected chi connectivity index (χ0v) is 40.7. The van der Waals surface area contributed by atoms with Crippen molar-refractivity contribution in [3.05, 3.63) is 138 Å². The number of anilines is 2. The van der Waals surface area contributed by atoms with Crippen LogP contribution < -0.4 is 15.3 Å². The van der Waals surface area contributed by atoms with Crippen LogP contribution in [0.15, 0.2) is 127 Å². The molecule has 0 radical (unpaired) electrons. The fourth-order valence-corrected chi connectivity index (χ4v) is 8.66. The highest BCUT2D eigenvalue weighted by molar-refractivity contribution is 9.10. The van der Waals surface area contributed by atoms with Crippen LogP contribution >= 0.6 is 15.9 Å². The number of aryl methyl sites for hydroxylation is 2. The summed E-state index contributed by atoms with van der Waals surface area (Å²) in [6, 6.07) is 20.5. The molecule has 0 aliphatic rings.